The summed E-state index contributed by atoms with van der Waals surface area (Å²) in [5, 5.41) is 11.1. The van der Waals surface area contributed by atoms with Gasteiger partial charge >= 0.3 is 5.97 Å². The van der Waals surface area contributed by atoms with E-state index in [1.807, 2.05) is 43.3 Å². The summed E-state index contributed by atoms with van der Waals surface area (Å²) in [7, 11) is 0. The number of hydrogen-bond donors (Lipinski definition) is 0. The maximum Gasteiger partial charge on any atom is 0.306 e. The fraction of sp³-hybridized carbons (Fsp3) is 0.348. The molecule has 2 aromatic carbocycles. The number of likely N-dealkylation sites (tertiary alicyclic amines) is 1. The Morgan fingerprint density at radius 3 is 2.45 bits per heavy atom. The average Bonchev–Trinajstić information content (AvgIpc) is 2.76. The number of rotatable bonds is 7. The molecule has 0 aromatic heterocycles. The standard InChI is InChI=1S/C23H26N2O4/c1-2-22(26)29-23(20-11-4-3-5-12-20)14-17-24(18-15-23)16-8-10-19-9-6-7-13-21(19)25(27)28/h3-13H,2,14-18H2,1H3. The van der Waals surface area contributed by atoms with Crippen molar-refractivity contribution in [2.24, 2.45) is 0 Å². The lowest BCUT2D eigenvalue weighted by molar-refractivity contribution is -0.385. The summed E-state index contributed by atoms with van der Waals surface area (Å²) in [5.74, 6) is -0.182. The van der Waals surface area contributed by atoms with Crippen molar-refractivity contribution in [2.45, 2.75) is 31.8 Å². The molecular formula is C23H26N2O4. The molecule has 0 spiro atoms. The molecule has 1 aliphatic rings. The van der Waals surface area contributed by atoms with Crippen molar-refractivity contribution in [1.29, 1.82) is 0 Å². The average molecular weight is 394 g/mol. The molecule has 2 aromatic rings. The normalized spacial score (nSPS) is 16.6. The van der Waals surface area contributed by atoms with Gasteiger partial charge in [0.05, 0.1) is 10.5 Å². The Morgan fingerprint density at radius 1 is 1.14 bits per heavy atom. The first kappa shape index (κ1) is 20.7. The van der Waals surface area contributed by atoms with Crippen LogP contribution in [0.3, 0.4) is 0 Å². The summed E-state index contributed by atoms with van der Waals surface area (Å²) >= 11 is 0. The van der Waals surface area contributed by atoms with Crippen molar-refractivity contribution < 1.29 is 14.5 Å². The molecule has 1 fully saturated rings. The van der Waals surface area contributed by atoms with E-state index in [1.165, 1.54) is 6.07 Å². The molecule has 1 saturated heterocycles. The van der Waals surface area contributed by atoms with Gasteiger partial charge in [-0.3, -0.25) is 19.8 Å². The maximum absolute atomic E-state index is 12.1. The first-order chi connectivity index (χ1) is 14.0. The van der Waals surface area contributed by atoms with Crippen LogP contribution >= 0.6 is 0 Å². The van der Waals surface area contributed by atoms with Crippen molar-refractivity contribution in [3.8, 4) is 0 Å². The molecule has 0 atom stereocenters. The first-order valence-electron chi connectivity index (χ1n) is 9.94. The quantitative estimate of drug-likeness (QED) is 0.391. The third kappa shape index (κ3) is 5.09. The van der Waals surface area contributed by atoms with Crippen LogP contribution in [0, 0.1) is 10.1 Å². The third-order valence-corrected chi connectivity index (χ3v) is 5.36. The molecule has 0 saturated carbocycles. The van der Waals surface area contributed by atoms with E-state index in [2.05, 4.69) is 4.90 Å². The zero-order chi connectivity index (χ0) is 20.7. The Labute approximate surface area is 170 Å². The number of nitro groups is 1. The van der Waals surface area contributed by atoms with Gasteiger partial charge < -0.3 is 4.74 Å². The highest BCUT2D eigenvalue weighted by molar-refractivity contribution is 5.69. The minimum Gasteiger partial charge on any atom is -0.454 e. The first-order valence-corrected chi connectivity index (χ1v) is 9.94. The van der Waals surface area contributed by atoms with E-state index < -0.39 is 5.60 Å². The molecule has 0 amide bonds. The van der Waals surface area contributed by atoms with E-state index in [4.69, 9.17) is 4.74 Å². The van der Waals surface area contributed by atoms with Crippen LogP contribution in [0.2, 0.25) is 0 Å². The third-order valence-electron chi connectivity index (χ3n) is 5.36. The Bertz CT molecular complexity index is 871. The van der Waals surface area contributed by atoms with Gasteiger partial charge in [-0.2, -0.15) is 0 Å². The van der Waals surface area contributed by atoms with E-state index in [-0.39, 0.29) is 16.6 Å². The number of para-hydroxylation sites is 1. The topological polar surface area (TPSA) is 72.7 Å². The predicted molar refractivity (Wildman–Crippen MR) is 112 cm³/mol. The number of nitro benzene ring substituents is 1. The Kier molecular flexibility index (Phi) is 6.77. The van der Waals surface area contributed by atoms with Crippen LogP contribution in [-0.2, 0) is 15.1 Å². The van der Waals surface area contributed by atoms with Gasteiger partial charge in [-0.25, -0.2) is 0 Å². The molecule has 0 unspecified atom stereocenters. The van der Waals surface area contributed by atoms with Crippen molar-refractivity contribution >= 4 is 17.7 Å². The van der Waals surface area contributed by atoms with Crippen LogP contribution in [0.4, 0.5) is 5.69 Å². The highest BCUT2D eigenvalue weighted by Gasteiger charge is 2.39. The number of hydrogen-bond acceptors (Lipinski definition) is 5. The van der Waals surface area contributed by atoms with Crippen LogP contribution < -0.4 is 0 Å². The molecule has 0 radical (unpaired) electrons. The molecule has 6 nitrogen and oxygen atoms in total. The van der Waals surface area contributed by atoms with Gasteiger partial charge in [0.25, 0.3) is 5.69 Å². The van der Waals surface area contributed by atoms with Crippen LogP contribution in [-0.4, -0.2) is 35.4 Å². The van der Waals surface area contributed by atoms with Gasteiger partial charge in [0.1, 0.15) is 5.60 Å². The highest BCUT2D eigenvalue weighted by atomic mass is 16.6. The summed E-state index contributed by atoms with van der Waals surface area (Å²) in [6, 6.07) is 16.7. The molecule has 1 heterocycles. The fourth-order valence-corrected chi connectivity index (χ4v) is 3.70. The minimum absolute atomic E-state index is 0.108. The number of benzene rings is 2. The molecule has 0 N–H and O–H groups in total. The summed E-state index contributed by atoms with van der Waals surface area (Å²) < 4.78 is 5.92. The second-order valence-corrected chi connectivity index (χ2v) is 7.21. The van der Waals surface area contributed by atoms with Crippen LogP contribution in [0.5, 0.6) is 0 Å². The second kappa shape index (κ2) is 9.47. The maximum atomic E-state index is 12.1. The van der Waals surface area contributed by atoms with Crippen LogP contribution in [0.25, 0.3) is 6.08 Å². The Balaban J connectivity index is 1.65. The van der Waals surface area contributed by atoms with Crippen LogP contribution in [0.15, 0.2) is 60.7 Å². The molecular weight excluding hydrogens is 368 g/mol. The number of carbonyl (C=O) groups is 1. The van der Waals surface area contributed by atoms with Crippen LogP contribution in [0.1, 0.15) is 37.3 Å². The zero-order valence-corrected chi connectivity index (χ0v) is 16.6. The Morgan fingerprint density at radius 2 is 1.79 bits per heavy atom. The van der Waals surface area contributed by atoms with E-state index in [9.17, 15) is 14.9 Å². The number of esters is 1. The number of ether oxygens (including phenoxy) is 1. The lowest BCUT2D eigenvalue weighted by atomic mass is 9.84. The van der Waals surface area contributed by atoms with E-state index in [0.717, 1.165) is 31.5 Å². The molecule has 6 heteroatoms. The van der Waals surface area contributed by atoms with E-state index >= 15 is 0 Å². The van der Waals surface area contributed by atoms with Gasteiger partial charge in [-0.1, -0.05) is 61.5 Å². The molecule has 1 aliphatic heterocycles. The lowest BCUT2D eigenvalue weighted by Crippen LogP contribution is -2.45. The number of nitrogens with zero attached hydrogens (tertiary/aromatic N) is 2. The van der Waals surface area contributed by atoms with Crippen molar-refractivity contribution in [1.82, 2.24) is 4.90 Å². The summed E-state index contributed by atoms with van der Waals surface area (Å²) in [6.45, 7) is 4.07. The van der Waals surface area contributed by atoms with Gasteiger partial charge in [0.2, 0.25) is 0 Å². The molecule has 0 aliphatic carbocycles. The fourth-order valence-electron chi connectivity index (χ4n) is 3.70. The Hall–Kier alpha value is -2.99. The van der Waals surface area contributed by atoms with Gasteiger partial charge in [0, 0.05) is 45.0 Å². The zero-order valence-electron chi connectivity index (χ0n) is 16.6. The number of carbonyl (C=O) groups excluding carboxylic acids is 1. The van der Waals surface area contributed by atoms with Gasteiger partial charge in [-0.05, 0) is 11.6 Å². The van der Waals surface area contributed by atoms with Crippen molar-refractivity contribution in [2.75, 3.05) is 19.6 Å². The summed E-state index contributed by atoms with van der Waals surface area (Å²) in [5.41, 5.74) is 1.17. The van der Waals surface area contributed by atoms with Gasteiger partial charge in [-0.15, -0.1) is 0 Å². The lowest BCUT2D eigenvalue weighted by Gasteiger charge is -2.41. The monoisotopic (exact) mass is 394 g/mol. The molecule has 3 rings (SSSR count). The predicted octanol–water partition coefficient (Wildman–Crippen LogP) is 4.55. The minimum atomic E-state index is -0.577. The SMILES string of the molecule is CCC(=O)OC1(c2ccccc2)CCN(CC=Cc2ccccc2[N+](=O)[O-])CC1. The van der Waals surface area contributed by atoms with Gasteiger partial charge in [0.15, 0.2) is 0 Å². The van der Waals surface area contributed by atoms with E-state index in [0.29, 0.717) is 18.5 Å². The largest absolute Gasteiger partial charge is 0.454 e. The number of piperidine rings is 1. The molecule has 152 valence electrons. The summed E-state index contributed by atoms with van der Waals surface area (Å²) in [6.07, 6.45) is 5.56. The van der Waals surface area contributed by atoms with E-state index in [1.54, 1.807) is 24.3 Å². The smallest absolute Gasteiger partial charge is 0.306 e. The highest BCUT2D eigenvalue weighted by Crippen LogP contribution is 2.37. The summed E-state index contributed by atoms with van der Waals surface area (Å²) in [4.78, 5) is 25.1. The second-order valence-electron chi connectivity index (χ2n) is 7.21. The molecule has 29 heavy (non-hydrogen) atoms. The molecule has 0 bridgehead atoms. The van der Waals surface area contributed by atoms with Crippen molar-refractivity contribution in [3.63, 3.8) is 0 Å². The van der Waals surface area contributed by atoms with Crippen molar-refractivity contribution in [3.05, 3.63) is 81.9 Å².